The summed E-state index contributed by atoms with van der Waals surface area (Å²) in [5.74, 6) is -2.08. The molecule has 0 saturated heterocycles. The maximum absolute atomic E-state index is 13.5. The van der Waals surface area contributed by atoms with Crippen LogP contribution in [0.25, 0.3) is 0 Å². The van der Waals surface area contributed by atoms with Gasteiger partial charge in [0.15, 0.2) is 0 Å². The van der Waals surface area contributed by atoms with E-state index >= 15 is 0 Å². The zero-order valence-electron chi connectivity index (χ0n) is 15.2. The minimum atomic E-state index is -4.75. The van der Waals surface area contributed by atoms with Crippen molar-refractivity contribution < 1.29 is 62.5 Å². The number of benzene rings is 1. The van der Waals surface area contributed by atoms with E-state index in [0.717, 1.165) is 0 Å². The summed E-state index contributed by atoms with van der Waals surface area (Å²) in [5.41, 5.74) is -3.23. The van der Waals surface area contributed by atoms with Crippen LogP contribution in [0.15, 0.2) is 12.1 Å². The third-order valence-electron chi connectivity index (χ3n) is 6.04. The Morgan fingerprint density at radius 2 is 1.92 bits per heavy atom. The molecule has 0 amide bonds. The number of carboxylic acid groups (broad SMARTS) is 1. The van der Waals surface area contributed by atoms with Gasteiger partial charge >= 0.3 is 35.7 Å². The van der Waals surface area contributed by atoms with Gasteiger partial charge in [-0.15, -0.1) is 0 Å². The third kappa shape index (κ3) is 3.07. The summed E-state index contributed by atoms with van der Waals surface area (Å²) < 4.78 is 46.3. The van der Waals surface area contributed by atoms with Gasteiger partial charge in [-0.1, -0.05) is 20.8 Å². The molecule has 3 rings (SSSR count). The number of hydrogen-bond acceptors (Lipinski definition) is 4. The van der Waals surface area contributed by atoms with Gasteiger partial charge in [-0.25, -0.2) is 0 Å². The number of aliphatic hydroxyl groups is 1. The molecule has 3 atom stereocenters. The topological polar surface area (TPSA) is 69.6 Å². The molecule has 1 fully saturated rings. The summed E-state index contributed by atoms with van der Waals surface area (Å²) in [6.07, 6.45) is -4.17. The minimum absolute atomic E-state index is 0. The monoisotopic (exact) mass is 380 g/mol. The van der Waals surface area contributed by atoms with E-state index in [1.807, 2.05) is 6.92 Å². The van der Waals surface area contributed by atoms with Crippen LogP contribution in [-0.4, -0.2) is 22.8 Å². The first kappa shape index (κ1) is 21.5. The summed E-state index contributed by atoms with van der Waals surface area (Å²) >= 11 is 0. The van der Waals surface area contributed by atoms with E-state index in [1.54, 1.807) is 13.8 Å². The van der Waals surface area contributed by atoms with Crippen LogP contribution < -0.4 is 39.4 Å². The van der Waals surface area contributed by atoms with Gasteiger partial charge in [-0.3, -0.25) is 0 Å². The smallest absolute Gasteiger partial charge is 0.545 e. The molecular weight excluding hydrogens is 360 g/mol. The van der Waals surface area contributed by atoms with Gasteiger partial charge in [0.1, 0.15) is 11.4 Å². The summed E-state index contributed by atoms with van der Waals surface area (Å²) in [7, 11) is 0. The van der Waals surface area contributed by atoms with Crippen molar-refractivity contribution in [3.8, 4) is 5.75 Å². The van der Waals surface area contributed by atoms with Gasteiger partial charge < -0.3 is 19.7 Å². The fourth-order valence-electron chi connectivity index (χ4n) is 4.32. The van der Waals surface area contributed by atoms with Gasteiger partial charge in [0.25, 0.3) is 0 Å². The van der Waals surface area contributed by atoms with Crippen molar-refractivity contribution in [2.24, 2.45) is 11.3 Å². The van der Waals surface area contributed by atoms with Crippen LogP contribution in [0.1, 0.15) is 55.1 Å². The van der Waals surface area contributed by atoms with Gasteiger partial charge in [-0.2, -0.15) is 13.2 Å². The molecule has 1 heterocycles. The first-order chi connectivity index (χ1) is 11.4. The number of aromatic carboxylic acids is 1. The number of aliphatic hydroxyl groups excluding tert-OH is 1. The van der Waals surface area contributed by atoms with E-state index in [0.29, 0.717) is 18.9 Å². The Balaban J connectivity index is 0.00000243. The summed E-state index contributed by atoms with van der Waals surface area (Å²) in [6, 6.07) is 1.75. The predicted molar refractivity (Wildman–Crippen MR) is 81.0 cm³/mol. The number of hydrogen-bond donors (Lipinski definition) is 1. The number of fused-ring (bicyclic) bond motifs is 1. The molecule has 1 aliphatic carbocycles. The fraction of sp³-hybridized carbons (Fsp3) is 0.611. The van der Waals surface area contributed by atoms with Crippen molar-refractivity contribution >= 4 is 5.97 Å². The molecule has 2 aliphatic rings. The molecule has 0 bridgehead atoms. The SMILES string of the molecule is C[C@@H]1CC[C@H](O)C(C)(C)[C@]12Cc1cc(C(=O)[O-])cc(C(F)(F)F)c1O2.[Na+]. The first-order valence-corrected chi connectivity index (χ1v) is 8.22. The number of carboxylic acids is 1. The van der Waals surface area contributed by atoms with Crippen molar-refractivity contribution in [2.45, 2.75) is 57.9 Å². The number of alkyl halides is 3. The fourth-order valence-corrected chi connectivity index (χ4v) is 4.32. The van der Waals surface area contributed by atoms with E-state index in [2.05, 4.69) is 0 Å². The number of halogens is 3. The molecule has 8 heteroatoms. The Hall–Kier alpha value is -0.760. The molecule has 138 valence electrons. The quantitative estimate of drug-likeness (QED) is 0.671. The maximum Gasteiger partial charge on any atom is 1.00 e. The summed E-state index contributed by atoms with van der Waals surface area (Å²) in [5, 5.41) is 21.6. The molecule has 0 radical (unpaired) electrons. The van der Waals surface area contributed by atoms with Crippen LogP contribution in [0.2, 0.25) is 0 Å². The molecule has 26 heavy (non-hydrogen) atoms. The van der Waals surface area contributed by atoms with Crippen molar-refractivity contribution in [3.05, 3.63) is 28.8 Å². The van der Waals surface area contributed by atoms with Crippen LogP contribution in [0.5, 0.6) is 5.75 Å². The van der Waals surface area contributed by atoms with Crippen molar-refractivity contribution in [1.29, 1.82) is 0 Å². The van der Waals surface area contributed by atoms with Crippen LogP contribution in [0.4, 0.5) is 13.2 Å². The van der Waals surface area contributed by atoms with Crippen LogP contribution >= 0.6 is 0 Å². The second-order valence-electron chi connectivity index (χ2n) is 7.68. The second-order valence-corrected chi connectivity index (χ2v) is 7.68. The largest absolute Gasteiger partial charge is 1.00 e. The molecule has 1 aromatic carbocycles. The standard InChI is InChI=1S/C18H21F3O4.Na/c1-9-4-5-13(22)16(2,3)17(9)8-11-6-10(15(23)24)7-12(14(11)25-17)18(19,20)21;/h6-7,9,13,22H,4-5,8H2,1-3H3,(H,23,24);/q;+1/p-1/t9-,13+,17+;/m1./s1. The van der Waals surface area contributed by atoms with E-state index in [-0.39, 0.29) is 53.2 Å². The van der Waals surface area contributed by atoms with Crippen LogP contribution in [0, 0.1) is 11.3 Å². The minimum Gasteiger partial charge on any atom is -0.545 e. The van der Waals surface area contributed by atoms with E-state index in [4.69, 9.17) is 4.74 Å². The number of carbonyl (C=O) groups excluding carboxylic acids is 1. The average molecular weight is 380 g/mol. The van der Waals surface area contributed by atoms with Gasteiger partial charge in [-0.05, 0) is 42.0 Å². The Labute approximate surface area is 172 Å². The molecular formula is C18H20F3NaO4. The molecule has 0 aromatic heterocycles. The number of rotatable bonds is 1. The Kier molecular flexibility index (Phi) is 5.54. The normalized spacial score (nSPS) is 29.7. The zero-order chi connectivity index (χ0) is 18.8. The van der Waals surface area contributed by atoms with Crippen molar-refractivity contribution in [3.63, 3.8) is 0 Å². The average Bonchev–Trinajstić information content (AvgIpc) is 2.89. The molecule has 4 nitrogen and oxygen atoms in total. The van der Waals surface area contributed by atoms with Gasteiger partial charge in [0, 0.05) is 11.8 Å². The number of ether oxygens (including phenoxy) is 1. The summed E-state index contributed by atoms with van der Waals surface area (Å²) in [6.45, 7) is 5.46. The maximum atomic E-state index is 13.5. The van der Waals surface area contributed by atoms with Crippen LogP contribution in [-0.2, 0) is 12.6 Å². The first-order valence-electron chi connectivity index (χ1n) is 8.22. The molecule has 1 spiro atoms. The van der Waals surface area contributed by atoms with Crippen molar-refractivity contribution in [1.82, 2.24) is 0 Å². The van der Waals surface area contributed by atoms with Crippen molar-refractivity contribution in [2.75, 3.05) is 0 Å². The zero-order valence-corrected chi connectivity index (χ0v) is 17.2. The van der Waals surface area contributed by atoms with Gasteiger partial charge in [0.2, 0.25) is 0 Å². The van der Waals surface area contributed by atoms with E-state index in [1.165, 1.54) is 6.07 Å². The Morgan fingerprint density at radius 3 is 2.46 bits per heavy atom. The second kappa shape index (κ2) is 6.69. The molecule has 1 aromatic rings. The van der Waals surface area contributed by atoms with E-state index in [9.17, 15) is 28.2 Å². The third-order valence-corrected chi connectivity index (χ3v) is 6.04. The molecule has 1 N–H and O–H groups in total. The van der Waals surface area contributed by atoms with Gasteiger partial charge in [0.05, 0.1) is 17.6 Å². The Morgan fingerprint density at radius 1 is 1.31 bits per heavy atom. The number of carbonyl (C=O) groups is 1. The predicted octanol–water partition coefficient (Wildman–Crippen LogP) is -0.436. The molecule has 1 aliphatic heterocycles. The molecule has 0 unspecified atom stereocenters. The summed E-state index contributed by atoms with van der Waals surface area (Å²) in [4.78, 5) is 11.1. The van der Waals surface area contributed by atoms with Crippen LogP contribution in [0.3, 0.4) is 0 Å². The molecule has 1 saturated carbocycles. The van der Waals surface area contributed by atoms with E-state index < -0.39 is 40.4 Å². The Bertz CT molecular complexity index is 732.